The van der Waals surface area contributed by atoms with Crippen LogP contribution >= 0.6 is 0 Å². The van der Waals surface area contributed by atoms with E-state index in [1.54, 1.807) is 12.1 Å². The molecule has 0 spiro atoms. The van der Waals surface area contributed by atoms with Gasteiger partial charge in [-0.2, -0.15) is 0 Å². The maximum Gasteiger partial charge on any atom is 0.223 e. The maximum absolute atomic E-state index is 12.7. The van der Waals surface area contributed by atoms with Crippen LogP contribution in [0.1, 0.15) is 60.9 Å². The minimum absolute atomic E-state index is 0.00377. The molecule has 4 rings (SSSR count). The molecule has 2 heterocycles. The van der Waals surface area contributed by atoms with Crippen molar-refractivity contribution in [3.05, 3.63) is 65.9 Å². The summed E-state index contributed by atoms with van der Waals surface area (Å²) in [4.78, 5) is 30.4. The number of Topliss-reactive ketones (excluding diaryl/α,β-unsaturated/α-hetero) is 1. The van der Waals surface area contributed by atoms with E-state index in [4.69, 9.17) is 4.74 Å². The third-order valence-electron chi connectivity index (χ3n) is 6.12. The number of hydrogen-bond donors (Lipinski definition) is 1. The number of benzene rings is 2. The smallest absolute Gasteiger partial charge is 0.223 e. The predicted octanol–water partition coefficient (Wildman–Crippen LogP) is 5.33. The van der Waals surface area contributed by atoms with Crippen LogP contribution in [0, 0.1) is 0 Å². The molecule has 0 atom stereocenters. The molecule has 1 N–H and O–H groups in total. The molecule has 0 aliphatic carbocycles. The number of H-pyrrole nitrogens is 1. The molecule has 1 saturated heterocycles. The summed E-state index contributed by atoms with van der Waals surface area (Å²) in [5, 5.41) is 1.28. The normalized spacial score (nSPS) is 14.7. The van der Waals surface area contributed by atoms with Crippen molar-refractivity contribution in [2.75, 3.05) is 19.7 Å². The second-order valence-electron chi connectivity index (χ2n) is 8.24. The van der Waals surface area contributed by atoms with Crippen LogP contribution in [0.5, 0.6) is 5.75 Å². The molecule has 2 aromatic carbocycles. The number of aromatic amines is 1. The van der Waals surface area contributed by atoms with Gasteiger partial charge < -0.3 is 14.6 Å². The number of likely N-dealkylation sites (tertiary alicyclic amines) is 1. The van der Waals surface area contributed by atoms with Crippen LogP contribution in [0.2, 0.25) is 0 Å². The lowest BCUT2D eigenvalue weighted by atomic mass is 9.89. The quantitative estimate of drug-likeness (QED) is 0.503. The number of nitrogens with zero attached hydrogens (tertiary/aromatic N) is 1. The average Bonchev–Trinajstić information content (AvgIpc) is 3.25. The van der Waals surface area contributed by atoms with E-state index < -0.39 is 0 Å². The second-order valence-corrected chi connectivity index (χ2v) is 8.24. The minimum Gasteiger partial charge on any atom is -0.494 e. The van der Waals surface area contributed by atoms with Crippen molar-refractivity contribution in [2.45, 2.75) is 44.9 Å². The Hall–Kier alpha value is -3.08. The number of carbonyl (C=O) groups is 2. The Morgan fingerprint density at radius 2 is 1.77 bits per heavy atom. The van der Waals surface area contributed by atoms with Gasteiger partial charge in [0.25, 0.3) is 0 Å². The minimum atomic E-state index is 0.00377. The van der Waals surface area contributed by atoms with E-state index in [0.29, 0.717) is 18.1 Å². The zero-order valence-corrected chi connectivity index (χ0v) is 18.1. The van der Waals surface area contributed by atoms with Crippen LogP contribution in [0.4, 0.5) is 0 Å². The first-order valence-corrected chi connectivity index (χ1v) is 11.3. The molecule has 5 heteroatoms. The summed E-state index contributed by atoms with van der Waals surface area (Å²) < 4.78 is 5.55. The highest BCUT2D eigenvalue weighted by molar-refractivity contribution is 5.98. The molecular formula is C26H30N2O3. The molecule has 3 aromatic rings. The van der Waals surface area contributed by atoms with E-state index in [-0.39, 0.29) is 24.5 Å². The first-order valence-electron chi connectivity index (χ1n) is 11.3. The van der Waals surface area contributed by atoms with Gasteiger partial charge in [0.15, 0.2) is 5.78 Å². The predicted molar refractivity (Wildman–Crippen MR) is 123 cm³/mol. The molecule has 1 aliphatic rings. The number of piperidine rings is 1. The summed E-state index contributed by atoms with van der Waals surface area (Å²) in [6.07, 6.45) is 5.49. The molecule has 0 saturated carbocycles. The SMILES string of the molecule is CCCOc1ccc(C(=O)CCC(=O)N2CCC(c3c[nH]c4ccccc34)CC2)cc1. The monoisotopic (exact) mass is 418 g/mol. The number of nitrogens with one attached hydrogen (secondary N) is 1. The number of hydrogen-bond acceptors (Lipinski definition) is 3. The number of fused-ring (bicyclic) bond motifs is 1. The third-order valence-corrected chi connectivity index (χ3v) is 6.12. The Bertz CT molecular complexity index is 1030. The molecule has 1 amide bonds. The van der Waals surface area contributed by atoms with E-state index in [2.05, 4.69) is 36.3 Å². The van der Waals surface area contributed by atoms with Crippen molar-refractivity contribution in [2.24, 2.45) is 0 Å². The van der Waals surface area contributed by atoms with Crippen molar-refractivity contribution in [1.29, 1.82) is 0 Å². The number of aromatic nitrogens is 1. The fourth-order valence-electron chi connectivity index (χ4n) is 4.35. The van der Waals surface area contributed by atoms with Crippen LogP contribution in [0.15, 0.2) is 54.7 Å². The molecule has 1 aromatic heterocycles. The highest BCUT2D eigenvalue weighted by atomic mass is 16.5. The Kier molecular flexibility index (Phi) is 6.70. The zero-order chi connectivity index (χ0) is 21.6. The van der Waals surface area contributed by atoms with Crippen molar-refractivity contribution in [3.8, 4) is 5.75 Å². The van der Waals surface area contributed by atoms with Crippen LogP contribution in [0.25, 0.3) is 10.9 Å². The van der Waals surface area contributed by atoms with E-state index in [1.807, 2.05) is 23.1 Å². The van der Waals surface area contributed by atoms with Gasteiger partial charge in [0, 0.05) is 48.6 Å². The molecule has 0 radical (unpaired) electrons. The van der Waals surface area contributed by atoms with Gasteiger partial charge in [0.1, 0.15) is 5.75 Å². The van der Waals surface area contributed by atoms with Crippen LogP contribution in [-0.2, 0) is 4.79 Å². The van der Waals surface area contributed by atoms with Gasteiger partial charge in [-0.15, -0.1) is 0 Å². The third kappa shape index (κ3) is 4.98. The maximum atomic E-state index is 12.7. The van der Waals surface area contributed by atoms with Crippen molar-refractivity contribution >= 4 is 22.6 Å². The molecule has 5 nitrogen and oxygen atoms in total. The highest BCUT2D eigenvalue weighted by Gasteiger charge is 2.25. The molecule has 162 valence electrons. The second kappa shape index (κ2) is 9.82. The number of ether oxygens (including phenoxy) is 1. The van der Waals surface area contributed by atoms with Gasteiger partial charge in [0.2, 0.25) is 5.91 Å². The lowest BCUT2D eigenvalue weighted by Gasteiger charge is -2.32. The average molecular weight is 419 g/mol. The van der Waals surface area contributed by atoms with E-state index >= 15 is 0 Å². The molecule has 1 fully saturated rings. The Labute approximate surface area is 183 Å². The fraction of sp³-hybridized carbons (Fsp3) is 0.385. The van der Waals surface area contributed by atoms with Gasteiger partial charge >= 0.3 is 0 Å². The van der Waals surface area contributed by atoms with Gasteiger partial charge in [-0.05, 0) is 61.1 Å². The lowest BCUT2D eigenvalue weighted by Crippen LogP contribution is -2.38. The molecule has 31 heavy (non-hydrogen) atoms. The van der Waals surface area contributed by atoms with Gasteiger partial charge in [-0.25, -0.2) is 0 Å². The summed E-state index contributed by atoms with van der Waals surface area (Å²) in [5.74, 6) is 1.32. The van der Waals surface area contributed by atoms with Crippen molar-refractivity contribution in [1.82, 2.24) is 9.88 Å². The van der Waals surface area contributed by atoms with Crippen LogP contribution in [0.3, 0.4) is 0 Å². The summed E-state index contributed by atoms with van der Waals surface area (Å²) in [5.41, 5.74) is 3.15. The Morgan fingerprint density at radius 1 is 1.03 bits per heavy atom. The number of amides is 1. The Balaban J connectivity index is 1.26. The van der Waals surface area contributed by atoms with E-state index in [1.165, 1.54) is 16.5 Å². The highest BCUT2D eigenvalue weighted by Crippen LogP contribution is 2.33. The number of ketones is 1. The molecule has 0 unspecified atom stereocenters. The van der Waals surface area contributed by atoms with Gasteiger partial charge in [0.05, 0.1) is 6.61 Å². The number of rotatable bonds is 8. The van der Waals surface area contributed by atoms with Gasteiger partial charge in [-0.3, -0.25) is 9.59 Å². The van der Waals surface area contributed by atoms with E-state index in [0.717, 1.165) is 38.1 Å². The Morgan fingerprint density at radius 3 is 2.52 bits per heavy atom. The lowest BCUT2D eigenvalue weighted by molar-refractivity contribution is -0.132. The zero-order valence-electron chi connectivity index (χ0n) is 18.1. The topological polar surface area (TPSA) is 62.4 Å². The largest absolute Gasteiger partial charge is 0.494 e. The molecule has 1 aliphatic heterocycles. The van der Waals surface area contributed by atoms with Gasteiger partial charge in [-0.1, -0.05) is 25.1 Å². The number of carbonyl (C=O) groups excluding carboxylic acids is 2. The van der Waals surface area contributed by atoms with Crippen molar-refractivity contribution in [3.63, 3.8) is 0 Å². The fourth-order valence-corrected chi connectivity index (χ4v) is 4.35. The number of para-hydroxylation sites is 1. The van der Waals surface area contributed by atoms with Crippen LogP contribution in [-0.4, -0.2) is 41.3 Å². The summed E-state index contributed by atoms with van der Waals surface area (Å²) in [7, 11) is 0. The first kappa shape index (κ1) is 21.2. The molecular weight excluding hydrogens is 388 g/mol. The summed E-state index contributed by atoms with van der Waals surface area (Å²) in [6, 6.07) is 15.6. The summed E-state index contributed by atoms with van der Waals surface area (Å²) in [6.45, 7) is 4.22. The van der Waals surface area contributed by atoms with E-state index in [9.17, 15) is 9.59 Å². The van der Waals surface area contributed by atoms with Crippen LogP contribution < -0.4 is 4.74 Å². The summed E-state index contributed by atoms with van der Waals surface area (Å²) >= 11 is 0. The molecule has 0 bridgehead atoms. The van der Waals surface area contributed by atoms with Crippen molar-refractivity contribution < 1.29 is 14.3 Å². The first-order chi connectivity index (χ1) is 15.2. The standard InChI is InChI=1S/C26H30N2O3/c1-2-17-31-21-9-7-20(8-10-21)25(29)11-12-26(30)28-15-13-19(14-16-28)23-18-27-24-6-4-3-5-22(23)24/h3-10,18-19,27H,2,11-17H2,1H3.